The lowest BCUT2D eigenvalue weighted by molar-refractivity contribution is -0.140. The summed E-state index contributed by atoms with van der Waals surface area (Å²) in [5, 5.41) is 17.6. The number of carbonyl (C=O) groups is 2. The molecule has 0 fully saturated rings. The monoisotopic (exact) mass is 309 g/mol. The van der Waals surface area contributed by atoms with E-state index in [0.717, 1.165) is 4.88 Å². The minimum Gasteiger partial charge on any atom is -0.480 e. The number of rotatable bonds is 6. The SMILES string of the molecule is COCC(NC(=O)c1cn(C)nc1-c1cccs1)C(=O)O. The number of nitrogens with one attached hydrogen (secondary N) is 1. The Kier molecular flexibility index (Phi) is 4.71. The molecule has 2 heterocycles. The molecule has 0 saturated heterocycles. The number of hydrogen-bond donors (Lipinski definition) is 2. The van der Waals surface area contributed by atoms with E-state index in [1.807, 2.05) is 17.5 Å². The van der Waals surface area contributed by atoms with Gasteiger partial charge in [-0.1, -0.05) is 6.07 Å². The molecule has 0 saturated carbocycles. The van der Waals surface area contributed by atoms with E-state index in [1.54, 1.807) is 13.2 Å². The number of carboxylic acid groups (broad SMARTS) is 1. The highest BCUT2D eigenvalue weighted by Gasteiger charge is 2.24. The lowest BCUT2D eigenvalue weighted by Crippen LogP contribution is -2.43. The second-order valence-corrected chi connectivity index (χ2v) is 5.31. The minimum absolute atomic E-state index is 0.102. The quantitative estimate of drug-likeness (QED) is 0.829. The van der Waals surface area contributed by atoms with Crippen LogP contribution < -0.4 is 5.32 Å². The van der Waals surface area contributed by atoms with Gasteiger partial charge in [0.1, 0.15) is 5.69 Å². The third-order valence-electron chi connectivity index (χ3n) is 2.76. The molecule has 2 aromatic heterocycles. The molecule has 2 aromatic rings. The van der Waals surface area contributed by atoms with Crippen molar-refractivity contribution in [3.05, 3.63) is 29.3 Å². The van der Waals surface area contributed by atoms with E-state index >= 15 is 0 Å². The summed E-state index contributed by atoms with van der Waals surface area (Å²) in [5.74, 6) is -1.64. The molecule has 21 heavy (non-hydrogen) atoms. The summed E-state index contributed by atoms with van der Waals surface area (Å²) >= 11 is 1.46. The first kappa shape index (κ1) is 15.2. The van der Waals surface area contributed by atoms with Crippen LogP contribution in [-0.2, 0) is 16.6 Å². The van der Waals surface area contributed by atoms with Gasteiger partial charge in [-0.25, -0.2) is 4.79 Å². The fraction of sp³-hybridized carbons (Fsp3) is 0.308. The van der Waals surface area contributed by atoms with Crippen LogP contribution in [0.5, 0.6) is 0 Å². The molecule has 0 bridgehead atoms. The number of carbonyl (C=O) groups excluding carboxylic acids is 1. The maximum atomic E-state index is 12.3. The molecule has 112 valence electrons. The van der Waals surface area contributed by atoms with Crippen molar-refractivity contribution in [3.63, 3.8) is 0 Å². The fourth-order valence-electron chi connectivity index (χ4n) is 1.83. The molecule has 8 heteroatoms. The van der Waals surface area contributed by atoms with Crippen molar-refractivity contribution in [2.45, 2.75) is 6.04 Å². The third-order valence-corrected chi connectivity index (χ3v) is 3.64. The first-order valence-corrected chi connectivity index (χ1v) is 7.01. The van der Waals surface area contributed by atoms with Gasteiger partial charge in [0, 0.05) is 20.4 Å². The lowest BCUT2D eigenvalue weighted by atomic mass is 10.2. The van der Waals surface area contributed by atoms with E-state index in [4.69, 9.17) is 9.84 Å². The van der Waals surface area contributed by atoms with Gasteiger partial charge >= 0.3 is 5.97 Å². The van der Waals surface area contributed by atoms with Crippen LogP contribution in [0.15, 0.2) is 23.7 Å². The summed E-state index contributed by atoms with van der Waals surface area (Å²) in [7, 11) is 3.08. The summed E-state index contributed by atoms with van der Waals surface area (Å²) in [4.78, 5) is 24.2. The molecule has 2 N–H and O–H groups in total. The van der Waals surface area contributed by atoms with Crippen molar-refractivity contribution < 1.29 is 19.4 Å². The Morgan fingerprint density at radius 2 is 2.33 bits per heavy atom. The summed E-state index contributed by atoms with van der Waals surface area (Å²) in [5.41, 5.74) is 0.869. The van der Waals surface area contributed by atoms with Crippen LogP contribution in [0, 0.1) is 0 Å². The number of nitrogens with zero attached hydrogens (tertiary/aromatic N) is 2. The Hall–Kier alpha value is -2.19. The molecular weight excluding hydrogens is 294 g/mol. The topological polar surface area (TPSA) is 93.5 Å². The van der Waals surface area contributed by atoms with Crippen molar-refractivity contribution >= 4 is 23.2 Å². The number of methoxy groups -OCH3 is 1. The minimum atomic E-state index is -1.15. The van der Waals surface area contributed by atoms with E-state index in [0.29, 0.717) is 11.3 Å². The Balaban J connectivity index is 2.25. The van der Waals surface area contributed by atoms with Crippen molar-refractivity contribution in [3.8, 4) is 10.6 Å². The van der Waals surface area contributed by atoms with Gasteiger partial charge in [0.05, 0.1) is 17.0 Å². The molecule has 0 aliphatic carbocycles. The number of amides is 1. The predicted octanol–water partition coefficient (Wildman–Crippen LogP) is 0.978. The zero-order chi connectivity index (χ0) is 15.4. The number of aryl methyl sites for hydroxylation is 1. The van der Waals surface area contributed by atoms with E-state index in [1.165, 1.54) is 23.1 Å². The summed E-state index contributed by atoms with van der Waals surface area (Å²) in [6.07, 6.45) is 1.57. The Labute approximate surface area is 125 Å². The first-order chi connectivity index (χ1) is 10.0. The van der Waals surface area contributed by atoms with Crippen LogP contribution in [0.1, 0.15) is 10.4 Å². The van der Waals surface area contributed by atoms with Crippen LogP contribution >= 0.6 is 11.3 Å². The fourth-order valence-corrected chi connectivity index (χ4v) is 2.55. The summed E-state index contributed by atoms with van der Waals surface area (Å²) < 4.78 is 6.32. The molecule has 0 aromatic carbocycles. The molecule has 0 aliphatic heterocycles. The lowest BCUT2D eigenvalue weighted by Gasteiger charge is -2.13. The zero-order valence-electron chi connectivity index (χ0n) is 11.6. The standard InChI is InChI=1S/C13H15N3O4S/c1-16-6-8(11(15-16)10-4-3-5-21-10)12(17)14-9(7-20-2)13(18)19/h3-6,9H,7H2,1-2H3,(H,14,17)(H,18,19). The highest BCUT2D eigenvalue weighted by atomic mass is 32.1. The van der Waals surface area contributed by atoms with Crippen molar-refractivity contribution in [1.82, 2.24) is 15.1 Å². The Morgan fingerprint density at radius 3 is 2.90 bits per heavy atom. The second kappa shape index (κ2) is 6.51. The molecule has 0 spiro atoms. The molecule has 0 radical (unpaired) electrons. The number of thiophene rings is 1. The van der Waals surface area contributed by atoms with Gasteiger partial charge in [0.15, 0.2) is 6.04 Å². The molecule has 1 unspecified atom stereocenters. The zero-order valence-corrected chi connectivity index (χ0v) is 12.4. The van der Waals surface area contributed by atoms with Crippen LogP contribution in [0.2, 0.25) is 0 Å². The molecule has 1 amide bonds. The first-order valence-electron chi connectivity index (χ1n) is 6.13. The summed E-state index contributed by atoms with van der Waals surface area (Å²) in [6, 6.07) is 2.62. The third kappa shape index (κ3) is 3.47. The highest BCUT2D eigenvalue weighted by molar-refractivity contribution is 7.13. The van der Waals surface area contributed by atoms with Crippen LogP contribution in [0.25, 0.3) is 10.6 Å². The highest BCUT2D eigenvalue weighted by Crippen LogP contribution is 2.26. The van der Waals surface area contributed by atoms with Gasteiger partial charge in [-0.2, -0.15) is 5.10 Å². The maximum Gasteiger partial charge on any atom is 0.328 e. The van der Waals surface area contributed by atoms with Gasteiger partial charge in [-0.3, -0.25) is 9.48 Å². The average molecular weight is 309 g/mol. The Bertz CT molecular complexity index is 636. The van der Waals surface area contributed by atoms with Gasteiger partial charge in [0.25, 0.3) is 5.91 Å². The Morgan fingerprint density at radius 1 is 1.57 bits per heavy atom. The normalized spacial score (nSPS) is 12.1. The predicted molar refractivity (Wildman–Crippen MR) is 77.3 cm³/mol. The van der Waals surface area contributed by atoms with E-state index in [9.17, 15) is 9.59 Å². The number of carboxylic acids is 1. The molecule has 7 nitrogen and oxygen atoms in total. The molecule has 1 atom stereocenters. The average Bonchev–Trinajstić information content (AvgIpc) is 3.06. The molecular formula is C13H15N3O4S. The van der Waals surface area contributed by atoms with E-state index < -0.39 is 17.9 Å². The smallest absolute Gasteiger partial charge is 0.328 e. The molecule has 0 aliphatic rings. The van der Waals surface area contributed by atoms with Crippen LogP contribution in [-0.4, -0.2) is 46.5 Å². The van der Waals surface area contributed by atoms with Crippen molar-refractivity contribution in [2.75, 3.05) is 13.7 Å². The van der Waals surface area contributed by atoms with E-state index in [-0.39, 0.29) is 6.61 Å². The van der Waals surface area contributed by atoms with Crippen molar-refractivity contribution in [1.29, 1.82) is 0 Å². The summed E-state index contributed by atoms with van der Waals surface area (Å²) in [6.45, 7) is -0.102. The van der Waals surface area contributed by atoms with Crippen LogP contribution in [0.3, 0.4) is 0 Å². The number of hydrogen-bond acceptors (Lipinski definition) is 5. The maximum absolute atomic E-state index is 12.3. The number of aliphatic carboxylic acids is 1. The number of aromatic nitrogens is 2. The van der Waals surface area contributed by atoms with Gasteiger partial charge in [-0.05, 0) is 11.4 Å². The largest absolute Gasteiger partial charge is 0.480 e. The number of ether oxygens (including phenoxy) is 1. The van der Waals surface area contributed by atoms with Crippen LogP contribution in [0.4, 0.5) is 0 Å². The van der Waals surface area contributed by atoms with Crippen molar-refractivity contribution in [2.24, 2.45) is 7.05 Å². The van der Waals surface area contributed by atoms with Gasteiger partial charge in [-0.15, -0.1) is 11.3 Å². The second-order valence-electron chi connectivity index (χ2n) is 4.36. The van der Waals surface area contributed by atoms with E-state index in [2.05, 4.69) is 10.4 Å². The van der Waals surface area contributed by atoms with Gasteiger partial charge < -0.3 is 15.2 Å². The molecule has 2 rings (SSSR count). The van der Waals surface area contributed by atoms with Gasteiger partial charge in [0.2, 0.25) is 0 Å².